The molecule has 4 aromatic rings. The average Bonchev–Trinajstić information content (AvgIpc) is 3.34. The summed E-state index contributed by atoms with van der Waals surface area (Å²) in [7, 11) is 1.60. The molecule has 2 heterocycles. The Hall–Kier alpha value is -3.92. The highest BCUT2D eigenvalue weighted by molar-refractivity contribution is 6.06. The molecule has 4 rings (SSSR count). The van der Waals surface area contributed by atoms with Crippen molar-refractivity contribution < 1.29 is 9.53 Å². The molecule has 0 saturated carbocycles. The van der Waals surface area contributed by atoms with E-state index in [-0.39, 0.29) is 12.2 Å². The van der Waals surface area contributed by atoms with Crippen LogP contribution in [-0.2, 0) is 13.0 Å². The number of hydrogen-bond acceptors (Lipinski definition) is 5. The number of aromatic nitrogens is 4. The third kappa shape index (κ3) is 3.48. The van der Waals surface area contributed by atoms with Crippen LogP contribution in [0.3, 0.4) is 0 Å². The Morgan fingerprint density at radius 3 is 2.96 bits per heavy atom. The monoisotopic (exact) mass is 371 g/mol. The average molecular weight is 371 g/mol. The van der Waals surface area contributed by atoms with Gasteiger partial charge in [0, 0.05) is 24.1 Å². The van der Waals surface area contributed by atoms with E-state index in [1.54, 1.807) is 24.1 Å². The molecule has 0 atom stereocenters. The number of benzene rings is 2. The van der Waals surface area contributed by atoms with Crippen LogP contribution >= 0.6 is 0 Å². The van der Waals surface area contributed by atoms with Gasteiger partial charge in [0.25, 0.3) is 0 Å². The number of ether oxygens (including phenoxy) is 1. The molecular weight excluding hydrogens is 354 g/mol. The fraction of sp³-hybridized carbons (Fsp3) is 0.143. The molecule has 0 spiro atoms. The van der Waals surface area contributed by atoms with Gasteiger partial charge in [-0.2, -0.15) is 15.5 Å². The molecule has 2 aromatic heterocycles. The van der Waals surface area contributed by atoms with E-state index in [0.717, 1.165) is 22.0 Å². The van der Waals surface area contributed by atoms with Gasteiger partial charge in [-0.25, -0.2) is 0 Å². The lowest BCUT2D eigenvalue weighted by molar-refractivity contribution is 0.0989. The van der Waals surface area contributed by atoms with Crippen molar-refractivity contribution in [3.63, 3.8) is 0 Å². The molecule has 7 nitrogen and oxygen atoms in total. The summed E-state index contributed by atoms with van der Waals surface area (Å²) in [6.45, 7) is 0.537. The van der Waals surface area contributed by atoms with E-state index in [0.29, 0.717) is 23.6 Å². The number of H-pyrrole nitrogens is 1. The van der Waals surface area contributed by atoms with Crippen LogP contribution in [0.15, 0.2) is 54.9 Å². The van der Waals surface area contributed by atoms with Crippen LogP contribution in [0.25, 0.3) is 10.9 Å². The number of methoxy groups -OCH3 is 1. The smallest absolute Gasteiger partial charge is 0.188 e. The molecular formula is C21H17N5O2. The second-order valence-corrected chi connectivity index (χ2v) is 6.44. The summed E-state index contributed by atoms with van der Waals surface area (Å²) in [6.07, 6.45) is 3.74. The highest BCUT2D eigenvalue weighted by Gasteiger charge is 2.16. The summed E-state index contributed by atoms with van der Waals surface area (Å²) in [5.74, 6) is 0.624. The molecule has 0 aliphatic heterocycles. The summed E-state index contributed by atoms with van der Waals surface area (Å²) in [6, 6.07) is 15.0. The van der Waals surface area contributed by atoms with Gasteiger partial charge < -0.3 is 4.74 Å². The summed E-state index contributed by atoms with van der Waals surface area (Å²) >= 11 is 0. The van der Waals surface area contributed by atoms with Crippen LogP contribution in [0.2, 0.25) is 0 Å². The van der Waals surface area contributed by atoms with Gasteiger partial charge in [-0.1, -0.05) is 12.1 Å². The van der Waals surface area contributed by atoms with Crippen molar-refractivity contribution >= 4 is 16.7 Å². The Kier molecular flexibility index (Phi) is 4.60. The Bertz CT molecular complexity index is 1200. The van der Waals surface area contributed by atoms with Crippen molar-refractivity contribution in [1.82, 2.24) is 20.0 Å². The molecule has 2 aromatic carbocycles. The molecule has 1 N–H and O–H groups in total. The van der Waals surface area contributed by atoms with Crippen molar-refractivity contribution in [3.05, 3.63) is 77.2 Å². The zero-order valence-electron chi connectivity index (χ0n) is 15.2. The number of nitriles is 1. The minimum absolute atomic E-state index is 0.0811. The first-order valence-electron chi connectivity index (χ1n) is 8.72. The van der Waals surface area contributed by atoms with Crippen molar-refractivity contribution in [1.29, 1.82) is 5.26 Å². The predicted octanol–water partition coefficient (Wildman–Crippen LogP) is 3.11. The number of carbonyl (C=O) groups is 1. The van der Waals surface area contributed by atoms with Crippen LogP contribution in [-0.4, -0.2) is 32.9 Å². The van der Waals surface area contributed by atoms with Crippen LogP contribution in [0.1, 0.15) is 27.2 Å². The first kappa shape index (κ1) is 17.5. The minimum Gasteiger partial charge on any atom is -0.497 e. The highest BCUT2D eigenvalue weighted by Crippen LogP contribution is 2.22. The van der Waals surface area contributed by atoms with Gasteiger partial charge in [0.2, 0.25) is 0 Å². The number of ketones is 1. The molecule has 0 radical (unpaired) electrons. The van der Waals surface area contributed by atoms with Gasteiger partial charge in [-0.3, -0.25) is 14.6 Å². The molecule has 0 unspecified atom stereocenters. The largest absolute Gasteiger partial charge is 0.497 e. The van der Waals surface area contributed by atoms with E-state index in [1.165, 1.54) is 0 Å². The normalized spacial score (nSPS) is 10.7. The van der Waals surface area contributed by atoms with E-state index in [9.17, 15) is 4.79 Å². The number of Topliss-reactive ketones (excluding diaryl/α,β-unsaturated/α-hetero) is 1. The Balaban J connectivity index is 1.49. The summed E-state index contributed by atoms with van der Waals surface area (Å²) in [4.78, 5) is 12.7. The lowest BCUT2D eigenvalue weighted by Crippen LogP contribution is -2.04. The van der Waals surface area contributed by atoms with Crippen LogP contribution in [0.4, 0.5) is 0 Å². The first-order valence-corrected chi connectivity index (χ1v) is 8.72. The molecule has 7 heteroatoms. The van der Waals surface area contributed by atoms with Gasteiger partial charge in [-0.15, -0.1) is 0 Å². The lowest BCUT2D eigenvalue weighted by atomic mass is 10.1. The standard InChI is InChI=1S/C21H17N5O2/c1-28-17-5-6-18-19(9-17)24-25-21(18)20(27)8-16-11-23-26(13-16)12-15-4-2-3-14(7-15)10-22/h2-7,9,11,13H,8,12H2,1H3,(H,24,25). The molecule has 28 heavy (non-hydrogen) atoms. The third-order valence-electron chi connectivity index (χ3n) is 4.49. The zero-order valence-corrected chi connectivity index (χ0v) is 15.2. The van der Waals surface area contributed by atoms with Crippen LogP contribution in [0.5, 0.6) is 5.75 Å². The third-order valence-corrected chi connectivity index (χ3v) is 4.49. The molecule has 0 fully saturated rings. The Morgan fingerprint density at radius 2 is 2.14 bits per heavy atom. The molecule has 0 aliphatic rings. The zero-order chi connectivity index (χ0) is 19.5. The van der Waals surface area contributed by atoms with Gasteiger partial charge in [0.15, 0.2) is 5.78 Å². The Labute approximate surface area is 161 Å². The number of hydrogen-bond donors (Lipinski definition) is 1. The van der Waals surface area contributed by atoms with Gasteiger partial charge in [0.1, 0.15) is 11.4 Å². The highest BCUT2D eigenvalue weighted by atomic mass is 16.5. The number of nitrogens with zero attached hydrogens (tertiary/aromatic N) is 4. The van der Waals surface area contributed by atoms with Crippen LogP contribution in [0, 0.1) is 11.3 Å². The quantitative estimate of drug-likeness (QED) is 0.525. The summed E-state index contributed by atoms with van der Waals surface area (Å²) < 4.78 is 6.95. The number of fused-ring (bicyclic) bond motifs is 1. The number of nitrogens with one attached hydrogen (secondary N) is 1. The van der Waals surface area contributed by atoms with Gasteiger partial charge >= 0.3 is 0 Å². The lowest BCUT2D eigenvalue weighted by Gasteiger charge is -2.02. The topological polar surface area (TPSA) is 96.6 Å². The second-order valence-electron chi connectivity index (χ2n) is 6.44. The number of aromatic amines is 1. The summed E-state index contributed by atoms with van der Waals surface area (Å²) in [5.41, 5.74) is 3.57. The van der Waals surface area contributed by atoms with E-state index >= 15 is 0 Å². The van der Waals surface area contributed by atoms with Crippen LogP contribution < -0.4 is 4.74 Å². The predicted molar refractivity (Wildman–Crippen MR) is 103 cm³/mol. The van der Waals surface area contributed by atoms with E-state index in [2.05, 4.69) is 21.4 Å². The van der Waals surface area contributed by atoms with Crippen molar-refractivity contribution in [3.8, 4) is 11.8 Å². The molecule has 0 amide bonds. The molecule has 138 valence electrons. The van der Waals surface area contributed by atoms with Gasteiger partial charge in [0.05, 0.1) is 37.0 Å². The summed E-state index contributed by atoms with van der Waals surface area (Å²) in [5, 5.41) is 21.1. The fourth-order valence-corrected chi connectivity index (χ4v) is 3.12. The van der Waals surface area contributed by atoms with E-state index < -0.39 is 0 Å². The molecule has 0 bridgehead atoms. The van der Waals surface area contributed by atoms with Crippen molar-refractivity contribution in [2.75, 3.05) is 7.11 Å². The second kappa shape index (κ2) is 7.37. The SMILES string of the molecule is COc1ccc2c(C(=O)Cc3cnn(Cc4cccc(C#N)c4)c3)n[nH]c2c1. The molecule has 0 aliphatic carbocycles. The van der Waals surface area contributed by atoms with E-state index in [1.807, 2.05) is 42.6 Å². The minimum atomic E-state index is -0.0811. The number of rotatable bonds is 6. The van der Waals surface area contributed by atoms with Gasteiger partial charge in [-0.05, 0) is 35.4 Å². The number of carbonyl (C=O) groups excluding carboxylic acids is 1. The fourth-order valence-electron chi connectivity index (χ4n) is 3.12. The van der Waals surface area contributed by atoms with Crippen molar-refractivity contribution in [2.45, 2.75) is 13.0 Å². The maximum atomic E-state index is 12.7. The first-order chi connectivity index (χ1) is 13.7. The molecule has 0 saturated heterocycles. The van der Waals surface area contributed by atoms with E-state index in [4.69, 9.17) is 10.00 Å². The van der Waals surface area contributed by atoms with Crippen molar-refractivity contribution in [2.24, 2.45) is 0 Å². The maximum absolute atomic E-state index is 12.7. The maximum Gasteiger partial charge on any atom is 0.188 e. The Morgan fingerprint density at radius 1 is 1.25 bits per heavy atom.